The molecule has 0 atom stereocenters. The number of piperidine rings is 1. The Kier molecular flexibility index (Phi) is 5.21. The maximum absolute atomic E-state index is 11.9. The number of halogens is 1. The second kappa shape index (κ2) is 6.91. The van der Waals surface area contributed by atoms with Crippen molar-refractivity contribution in [2.45, 2.75) is 32.1 Å². The first-order chi connectivity index (χ1) is 8.74. The van der Waals surface area contributed by atoms with Crippen molar-refractivity contribution in [2.75, 3.05) is 19.6 Å². The summed E-state index contributed by atoms with van der Waals surface area (Å²) in [5.41, 5.74) is 1.02. The normalized spacial score (nSPS) is 16.7. The Morgan fingerprint density at radius 1 is 1.22 bits per heavy atom. The van der Waals surface area contributed by atoms with Crippen molar-refractivity contribution in [1.82, 2.24) is 4.90 Å². The van der Waals surface area contributed by atoms with Crippen LogP contribution >= 0.6 is 11.6 Å². The van der Waals surface area contributed by atoms with Crippen molar-refractivity contribution in [3.8, 4) is 0 Å². The Hall–Kier alpha value is -0.860. The second-order valence-corrected chi connectivity index (χ2v) is 5.43. The Morgan fingerprint density at radius 2 is 2.00 bits per heavy atom. The van der Waals surface area contributed by atoms with Gasteiger partial charge in [-0.3, -0.25) is 4.79 Å². The smallest absolute Gasteiger partial charge is 0.138 e. The Labute approximate surface area is 114 Å². The average Bonchev–Trinajstić information content (AvgIpc) is 2.38. The van der Waals surface area contributed by atoms with Crippen molar-refractivity contribution >= 4 is 17.4 Å². The number of hydrogen-bond donors (Lipinski definition) is 0. The van der Waals surface area contributed by atoms with Gasteiger partial charge in [0.1, 0.15) is 5.78 Å². The van der Waals surface area contributed by atoms with Gasteiger partial charge in [0.2, 0.25) is 0 Å². The summed E-state index contributed by atoms with van der Waals surface area (Å²) in [5, 5.41) is 0.705. The first kappa shape index (κ1) is 13.6. The molecule has 0 radical (unpaired) electrons. The molecule has 98 valence electrons. The quantitative estimate of drug-likeness (QED) is 0.814. The molecule has 0 spiro atoms. The van der Waals surface area contributed by atoms with E-state index in [1.165, 1.54) is 19.3 Å². The average molecular weight is 266 g/mol. The molecule has 1 aliphatic rings. The molecule has 1 saturated heterocycles. The highest BCUT2D eigenvalue weighted by molar-refractivity contribution is 6.30. The summed E-state index contributed by atoms with van der Waals surface area (Å²) in [7, 11) is 0. The summed E-state index contributed by atoms with van der Waals surface area (Å²) in [6.07, 6.45) is 5.07. The van der Waals surface area contributed by atoms with Crippen LogP contribution in [0.1, 0.15) is 31.2 Å². The van der Waals surface area contributed by atoms with E-state index in [9.17, 15) is 4.79 Å². The summed E-state index contributed by atoms with van der Waals surface area (Å²) >= 11 is 5.91. The van der Waals surface area contributed by atoms with Crippen LogP contribution in [-0.2, 0) is 11.2 Å². The molecule has 0 saturated carbocycles. The van der Waals surface area contributed by atoms with Gasteiger partial charge in [-0.2, -0.15) is 0 Å². The number of carbonyl (C=O) groups is 1. The lowest BCUT2D eigenvalue weighted by Gasteiger charge is -2.25. The van der Waals surface area contributed by atoms with Gasteiger partial charge in [-0.15, -0.1) is 0 Å². The minimum absolute atomic E-state index is 0.308. The minimum Gasteiger partial charge on any atom is -0.303 e. The zero-order valence-electron chi connectivity index (χ0n) is 10.7. The highest BCUT2D eigenvalue weighted by Gasteiger charge is 2.12. The fourth-order valence-corrected chi connectivity index (χ4v) is 2.64. The third-order valence-corrected chi connectivity index (χ3v) is 3.68. The molecule has 0 amide bonds. The van der Waals surface area contributed by atoms with E-state index in [-0.39, 0.29) is 0 Å². The minimum atomic E-state index is 0.308. The highest BCUT2D eigenvalue weighted by atomic mass is 35.5. The van der Waals surface area contributed by atoms with Crippen LogP contribution in [-0.4, -0.2) is 30.3 Å². The summed E-state index contributed by atoms with van der Waals surface area (Å²) in [6, 6.07) is 7.57. The molecule has 0 unspecified atom stereocenters. The van der Waals surface area contributed by atoms with Gasteiger partial charge in [0.25, 0.3) is 0 Å². The number of carbonyl (C=O) groups excluding carboxylic acids is 1. The van der Waals surface area contributed by atoms with E-state index < -0.39 is 0 Å². The number of Topliss-reactive ketones (excluding diaryl/α,β-unsaturated/α-hetero) is 1. The number of likely N-dealkylation sites (tertiary alicyclic amines) is 1. The van der Waals surface area contributed by atoms with Gasteiger partial charge in [-0.05, 0) is 43.6 Å². The molecule has 2 rings (SSSR count). The number of hydrogen-bond acceptors (Lipinski definition) is 2. The topological polar surface area (TPSA) is 20.3 Å². The molecule has 1 aliphatic heterocycles. The van der Waals surface area contributed by atoms with Crippen LogP contribution < -0.4 is 0 Å². The molecular weight excluding hydrogens is 246 g/mol. The molecule has 0 N–H and O–H groups in total. The van der Waals surface area contributed by atoms with Gasteiger partial charge in [-0.1, -0.05) is 30.2 Å². The fourth-order valence-electron chi connectivity index (χ4n) is 2.43. The van der Waals surface area contributed by atoms with Crippen LogP contribution in [0.3, 0.4) is 0 Å². The van der Waals surface area contributed by atoms with E-state index in [1.807, 2.05) is 24.3 Å². The third kappa shape index (κ3) is 4.43. The van der Waals surface area contributed by atoms with E-state index in [1.54, 1.807) is 0 Å². The number of ketones is 1. The lowest BCUT2D eigenvalue weighted by atomic mass is 10.1. The Balaban J connectivity index is 1.74. The second-order valence-electron chi connectivity index (χ2n) is 5.00. The molecule has 3 heteroatoms. The van der Waals surface area contributed by atoms with E-state index >= 15 is 0 Å². The standard InChI is InChI=1S/C15H20ClNO/c16-14-6-4-5-13(11-14)12-15(18)7-10-17-8-2-1-3-9-17/h4-6,11H,1-3,7-10,12H2. The maximum atomic E-state index is 11.9. The van der Waals surface area contributed by atoms with Crippen LogP contribution in [0.15, 0.2) is 24.3 Å². The fraction of sp³-hybridized carbons (Fsp3) is 0.533. The monoisotopic (exact) mass is 265 g/mol. The molecule has 1 fully saturated rings. The SMILES string of the molecule is O=C(CCN1CCCCC1)Cc1cccc(Cl)c1. The molecule has 0 aliphatic carbocycles. The Morgan fingerprint density at radius 3 is 2.72 bits per heavy atom. The predicted octanol–water partition coefficient (Wildman–Crippen LogP) is 3.33. The highest BCUT2D eigenvalue weighted by Crippen LogP contribution is 2.13. The molecule has 1 heterocycles. The largest absolute Gasteiger partial charge is 0.303 e. The molecule has 1 aromatic rings. The van der Waals surface area contributed by atoms with Gasteiger partial charge < -0.3 is 4.90 Å². The molecule has 0 aromatic heterocycles. The lowest BCUT2D eigenvalue weighted by Crippen LogP contribution is -2.31. The van der Waals surface area contributed by atoms with Gasteiger partial charge in [0.15, 0.2) is 0 Å². The molecular formula is C15H20ClNO. The van der Waals surface area contributed by atoms with Gasteiger partial charge >= 0.3 is 0 Å². The number of nitrogens with zero attached hydrogens (tertiary/aromatic N) is 1. The van der Waals surface area contributed by atoms with Crippen molar-refractivity contribution in [1.29, 1.82) is 0 Å². The van der Waals surface area contributed by atoms with Crippen molar-refractivity contribution in [2.24, 2.45) is 0 Å². The van der Waals surface area contributed by atoms with E-state index in [2.05, 4.69) is 4.90 Å². The van der Waals surface area contributed by atoms with Gasteiger partial charge in [-0.25, -0.2) is 0 Å². The van der Waals surface area contributed by atoms with Crippen LogP contribution in [0, 0.1) is 0 Å². The van der Waals surface area contributed by atoms with E-state index in [4.69, 9.17) is 11.6 Å². The first-order valence-electron chi connectivity index (χ1n) is 6.72. The molecule has 2 nitrogen and oxygen atoms in total. The van der Waals surface area contributed by atoms with Crippen molar-refractivity contribution < 1.29 is 4.79 Å². The summed E-state index contributed by atoms with van der Waals surface area (Å²) < 4.78 is 0. The Bertz CT molecular complexity index is 399. The van der Waals surface area contributed by atoms with Crippen LogP contribution in [0.2, 0.25) is 5.02 Å². The van der Waals surface area contributed by atoms with Gasteiger partial charge in [0.05, 0.1) is 0 Å². The molecule has 18 heavy (non-hydrogen) atoms. The third-order valence-electron chi connectivity index (χ3n) is 3.45. The van der Waals surface area contributed by atoms with Crippen LogP contribution in [0.5, 0.6) is 0 Å². The van der Waals surface area contributed by atoms with E-state index in [0.29, 0.717) is 23.6 Å². The predicted molar refractivity (Wildman–Crippen MR) is 75.1 cm³/mol. The van der Waals surface area contributed by atoms with Crippen molar-refractivity contribution in [3.05, 3.63) is 34.9 Å². The summed E-state index contributed by atoms with van der Waals surface area (Å²) in [5.74, 6) is 0.308. The van der Waals surface area contributed by atoms with E-state index in [0.717, 1.165) is 25.2 Å². The maximum Gasteiger partial charge on any atom is 0.138 e. The van der Waals surface area contributed by atoms with Crippen LogP contribution in [0.4, 0.5) is 0 Å². The zero-order valence-corrected chi connectivity index (χ0v) is 11.5. The van der Waals surface area contributed by atoms with Crippen molar-refractivity contribution in [3.63, 3.8) is 0 Å². The number of benzene rings is 1. The van der Waals surface area contributed by atoms with Crippen LogP contribution in [0.25, 0.3) is 0 Å². The first-order valence-corrected chi connectivity index (χ1v) is 7.10. The summed E-state index contributed by atoms with van der Waals surface area (Å²) in [4.78, 5) is 14.3. The van der Waals surface area contributed by atoms with Gasteiger partial charge in [0, 0.05) is 24.4 Å². The number of rotatable bonds is 5. The zero-order chi connectivity index (χ0) is 12.8. The lowest BCUT2D eigenvalue weighted by molar-refractivity contribution is -0.118. The summed E-state index contributed by atoms with van der Waals surface area (Å²) in [6.45, 7) is 3.23. The molecule has 1 aromatic carbocycles. The molecule has 0 bridgehead atoms.